The van der Waals surface area contributed by atoms with E-state index in [-0.39, 0.29) is 24.0 Å². The van der Waals surface area contributed by atoms with Crippen LogP contribution in [0.15, 0.2) is 18.2 Å². The van der Waals surface area contributed by atoms with Crippen LogP contribution in [0.2, 0.25) is 0 Å². The predicted octanol–water partition coefficient (Wildman–Crippen LogP) is 1.31. The first kappa shape index (κ1) is 12.8. The van der Waals surface area contributed by atoms with E-state index in [1.54, 1.807) is 13.2 Å². The molecular formula is C14H19FN2O2. The van der Waals surface area contributed by atoms with Crippen molar-refractivity contribution in [2.45, 2.75) is 24.6 Å². The zero-order chi connectivity index (χ0) is 13.4. The number of hydrogen-bond acceptors (Lipinski definition) is 4. The molecule has 3 rings (SSSR count). The fraction of sp³-hybridized carbons (Fsp3) is 0.571. The van der Waals surface area contributed by atoms with Crippen LogP contribution in [0, 0.1) is 5.82 Å². The largest absolute Gasteiger partial charge is 0.491 e. The number of ether oxygens (including phenoxy) is 2. The van der Waals surface area contributed by atoms with Crippen molar-refractivity contribution in [3.8, 4) is 5.75 Å². The van der Waals surface area contributed by atoms with Gasteiger partial charge in [-0.3, -0.25) is 4.90 Å². The lowest BCUT2D eigenvalue weighted by Crippen LogP contribution is -2.48. The van der Waals surface area contributed by atoms with Gasteiger partial charge in [0.05, 0.1) is 18.2 Å². The lowest BCUT2D eigenvalue weighted by atomic mass is 9.96. The molecule has 0 radical (unpaired) electrons. The highest BCUT2D eigenvalue weighted by Crippen LogP contribution is 2.34. The van der Waals surface area contributed by atoms with Gasteiger partial charge >= 0.3 is 0 Å². The highest BCUT2D eigenvalue weighted by atomic mass is 19.1. The van der Waals surface area contributed by atoms with Crippen molar-refractivity contribution in [1.29, 1.82) is 0 Å². The maximum Gasteiger partial charge on any atom is 0.127 e. The number of halogens is 1. The highest BCUT2D eigenvalue weighted by Gasteiger charge is 2.36. The van der Waals surface area contributed by atoms with Gasteiger partial charge in [-0.05, 0) is 12.5 Å². The van der Waals surface area contributed by atoms with Gasteiger partial charge in [0.15, 0.2) is 0 Å². The third-order valence-corrected chi connectivity index (χ3v) is 4.14. The summed E-state index contributed by atoms with van der Waals surface area (Å²) in [6, 6.07) is 4.57. The van der Waals surface area contributed by atoms with E-state index in [1.165, 1.54) is 12.1 Å². The standard InChI is InChI=1S/C14H19FN2O2/c1-18-10-4-5-17(7-10)12-8-19-13-6-9(15)2-3-11(13)14(12)16/h2-3,6,10,12,14H,4-5,7-8,16H2,1H3/t10-,12+,14+/m1/s1. The van der Waals surface area contributed by atoms with Gasteiger partial charge < -0.3 is 15.2 Å². The Morgan fingerprint density at radius 2 is 2.32 bits per heavy atom. The van der Waals surface area contributed by atoms with Crippen LogP contribution in [0.5, 0.6) is 5.75 Å². The average molecular weight is 266 g/mol. The molecule has 2 heterocycles. The molecule has 3 atom stereocenters. The van der Waals surface area contributed by atoms with Crippen molar-refractivity contribution in [3.63, 3.8) is 0 Å². The molecule has 0 bridgehead atoms. The Labute approximate surface area is 112 Å². The van der Waals surface area contributed by atoms with Crippen LogP contribution in [-0.2, 0) is 4.74 Å². The minimum absolute atomic E-state index is 0.137. The molecule has 4 nitrogen and oxygen atoms in total. The second-order valence-corrected chi connectivity index (χ2v) is 5.23. The smallest absolute Gasteiger partial charge is 0.127 e. The first-order valence-corrected chi connectivity index (χ1v) is 6.63. The van der Waals surface area contributed by atoms with Crippen molar-refractivity contribution in [2.24, 2.45) is 5.73 Å². The molecule has 2 aliphatic heterocycles. The van der Waals surface area contributed by atoms with E-state index in [0.717, 1.165) is 25.1 Å². The van der Waals surface area contributed by atoms with E-state index in [0.29, 0.717) is 12.4 Å². The maximum absolute atomic E-state index is 13.2. The Bertz CT molecular complexity index is 469. The summed E-state index contributed by atoms with van der Waals surface area (Å²) in [7, 11) is 1.74. The molecule has 1 saturated heterocycles. The summed E-state index contributed by atoms with van der Waals surface area (Å²) in [5.74, 6) is 0.288. The molecule has 0 unspecified atom stereocenters. The Hall–Kier alpha value is -1.17. The van der Waals surface area contributed by atoms with Crippen molar-refractivity contribution < 1.29 is 13.9 Å². The normalized spacial score (nSPS) is 31.0. The summed E-state index contributed by atoms with van der Waals surface area (Å²) in [6.45, 7) is 2.36. The molecule has 2 N–H and O–H groups in total. The predicted molar refractivity (Wildman–Crippen MR) is 69.6 cm³/mol. The first-order chi connectivity index (χ1) is 9.19. The van der Waals surface area contributed by atoms with Crippen LogP contribution in [0.3, 0.4) is 0 Å². The molecule has 0 amide bonds. The van der Waals surface area contributed by atoms with Crippen LogP contribution in [0.4, 0.5) is 4.39 Å². The summed E-state index contributed by atoms with van der Waals surface area (Å²) in [5.41, 5.74) is 7.21. The molecule has 104 valence electrons. The molecule has 0 saturated carbocycles. The number of likely N-dealkylation sites (tertiary alicyclic amines) is 1. The summed E-state index contributed by atoms with van der Waals surface area (Å²) < 4.78 is 24.2. The summed E-state index contributed by atoms with van der Waals surface area (Å²) >= 11 is 0. The average Bonchev–Trinajstić information content (AvgIpc) is 2.87. The van der Waals surface area contributed by atoms with E-state index in [2.05, 4.69) is 4.90 Å². The lowest BCUT2D eigenvalue weighted by molar-refractivity contribution is 0.0782. The number of rotatable bonds is 2. The van der Waals surface area contributed by atoms with E-state index in [9.17, 15) is 4.39 Å². The lowest BCUT2D eigenvalue weighted by Gasteiger charge is -2.37. The number of hydrogen-bond donors (Lipinski definition) is 1. The molecule has 19 heavy (non-hydrogen) atoms. The topological polar surface area (TPSA) is 47.7 Å². The Morgan fingerprint density at radius 3 is 3.05 bits per heavy atom. The van der Waals surface area contributed by atoms with Crippen molar-refractivity contribution in [3.05, 3.63) is 29.6 Å². The molecule has 0 spiro atoms. The maximum atomic E-state index is 13.2. The van der Waals surface area contributed by atoms with Crippen LogP contribution in [0.1, 0.15) is 18.0 Å². The number of nitrogens with zero attached hydrogens (tertiary/aromatic N) is 1. The van der Waals surface area contributed by atoms with Crippen molar-refractivity contribution >= 4 is 0 Å². The van der Waals surface area contributed by atoms with Crippen molar-refractivity contribution in [1.82, 2.24) is 4.90 Å². The Morgan fingerprint density at radius 1 is 1.47 bits per heavy atom. The molecule has 5 heteroatoms. The molecule has 1 aromatic carbocycles. The van der Waals surface area contributed by atoms with E-state index in [1.807, 2.05) is 0 Å². The van der Waals surface area contributed by atoms with Crippen LogP contribution in [0.25, 0.3) is 0 Å². The van der Waals surface area contributed by atoms with Gasteiger partial charge in [-0.15, -0.1) is 0 Å². The SMILES string of the molecule is CO[C@@H]1CCN([C@H]2COc3cc(F)ccc3[C@@H]2N)C1. The van der Waals surface area contributed by atoms with Crippen LogP contribution in [-0.4, -0.2) is 43.9 Å². The summed E-state index contributed by atoms with van der Waals surface area (Å²) in [6.07, 6.45) is 1.30. The number of fused-ring (bicyclic) bond motifs is 1. The Kier molecular flexibility index (Phi) is 3.43. The quantitative estimate of drug-likeness (QED) is 0.876. The minimum atomic E-state index is -0.287. The third-order valence-electron chi connectivity index (χ3n) is 4.14. The van der Waals surface area contributed by atoms with Gasteiger partial charge in [-0.2, -0.15) is 0 Å². The number of methoxy groups -OCH3 is 1. The van der Waals surface area contributed by atoms with Crippen LogP contribution >= 0.6 is 0 Å². The molecule has 1 fully saturated rings. The van der Waals surface area contributed by atoms with Gasteiger partial charge in [0.1, 0.15) is 18.2 Å². The van der Waals surface area contributed by atoms with Gasteiger partial charge in [-0.25, -0.2) is 4.39 Å². The van der Waals surface area contributed by atoms with Crippen LogP contribution < -0.4 is 10.5 Å². The second-order valence-electron chi connectivity index (χ2n) is 5.23. The minimum Gasteiger partial charge on any atom is -0.491 e. The van der Waals surface area contributed by atoms with Gasteiger partial charge in [0.2, 0.25) is 0 Å². The molecule has 0 aromatic heterocycles. The second kappa shape index (κ2) is 5.07. The zero-order valence-corrected chi connectivity index (χ0v) is 11.0. The molecular weight excluding hydrogens is 247 g/mol. The zero-order valence-electron chi connectivity index (χ0n) is 11.0. The van der Waals surface area contributed by atoms with E-state index >= 15 is 0 Å². The van der Waals surface area contributed by atoms with E-state index in [4.69, 9.17) is 15.2 Å². The number of benzene rings is 1. The summed E-state index contributed by atoms with van der Waals surface area (Å²) in [5, 5.41) is 0. The fourth-order valence-corrected chi connectivity index (χ4v) is 2.97. The molecule has 1 aromatic rings. The Balaban J connectivity index is 1.78. The van der Waals surface area contributed by atoms with Gasteiger partial charge in [-0.1, -0.05) is 6.07 Å². The van der Waals surface area contributed by atoms with Crippen molar-refractivity contribution in [2.75, 3.05) is 26.8 Å². The summed E-state index contributed by atoms with van der Waals surface area (Å²) in [4.78, 5) is 2.31. The highest BCUT2D eigenvalue weighted by molar-refractivity contribution is 5.39. The van der Waals surface area contributed by atoms with Gasteiger partial charge in [0, 0.05) is 31.8 Å². The fourth-order valence-electron chi connectivity index (χ4n) is 2.97. The molecule has 2 aliphatic rings. The van der Waals surface area contributed by atoms with Gasteiger partial charge in [0.25, 0.3) is 0 Å². The monoisotopic (exact) mass is 266 g/mol. The van der Waals surface area contributed by atoms with E-state index < -0.39 is 0 Å². The molecule has 0 aliphatic carbocycles. The third kappa shape index (κ3) is 2.33. The first-order valence-electron chi connectivity index (χ1n) is 6.63. The number of nitrogens with two attached hydrogens (primary N) is 1.